The van der Waals surface area contributed by atoms with Gasteiger partial charge in [-0.05, 0) is 20.8 Å². The quantitative estimate of drug-likeness (QED) is 0.799. The molecule has 0 saturated carbocycles. The summed E-state index contributed by atoms with van der Waals surface area (Å²) >= 11 is 0. The SMILES string of the molecule is CC(C)(C)OC(=O)Cn1ccnc1CCC(=O)O. The maximum Gasteiger partial charge on any atom is 0.326 e. The lowest BCUT2D eigenvalue weighted by Gasteiger charge is -2.19. The molecule has 0 spiro atoms. The summed E-state index contributed by atoms with van der Waals surface area (Å²) in [5.74, 6) is -0.679. The first-order valence-electron chi connectivity index (χ1n) is 5.71. The van der Waals surface area contributed by atoms with Gasteiger partial charge < -0.3 is 14.4 Å². The Morgan fingerprint density at radius 1 is 1.44 bits per heavy atom. The highest BCUT2D eigenvalue weighted by Gasteiger charge is 2.17. The topological polar surface area (TPSA) is 81.4 Å². The first kappa shape index (κ1) is 14.2. The highest BCUT2D eigenvalue weighted by molar-refractivity contribution is 5.70. The van der Waals surface area contributed by atoms with Crippen LogP contribution in [0.3, 0.4) is 0 Å². The number of hydrogen-bond acceptors (Lipinski definition) is 4. The van der Waals surface area contributed by atoms with Crippen LogP contribution in [-0.4, -0.2) is 32.2 Å². The summed E-state index contributed by atoms with van der Waals surface area (Å²) in [7, 11) is 0. The molecule has 1 N–H and O–H groups in total. The number of aryl methyl sites for hydroxylation is 1. The predicted octanol–water partition coefficient (Wildman–Crippen LogP) is 1.24. The monoisotopic (exact) mass is 254 g/mol. The van der Waals surface area contributed by atoms with E-state index >= 15 is 0 Å². The molecular weight excluding hydrogens is 236 g/mol. The van der Waals surface area contributed by atoms with Crippen LogP contribution in [0, 0.1) is 0 Å². The Balaban J connectivity index is 2.59. The number of imidazole rings is 1. The van der Waals surface area contributed by atoms with Crippen LogP contribution < -0.4 is 0 Å². The van der Waals surface area contributed by atoms with E-state index in [1.54, 1.807) is 37.7 Å². The third kappa shape index (κ3) is 4.99. The second-order valence-electron chi connectivity index (χ2n) is 4.95. The standard InChI is InChI=1S/C12H18N2O4/c1-12(2,3)18-11(17)8-14-7-6-13-9(14)4-5-10(15)16/h6-7H,4-5,8H2,1-3H3,(H,15,16). The molecule has 0 aliphatic rings. The Labute approximate surface area is 106 Å². The molecule has 1 heterocycles. The summed E-state index contributed by atoms with van der Waals surface area (Å²) < 4.78 is 6.80. The van der Waals surface area contributed by atoms with Gasteiger partial charge in [0.1, 0.15) is 18.0 Å². The van der Waals surface area contributed by atoms with Crippen LogP contribution in [0.1, 0.15) is 33.0 Å². The molecule has 18 heavy (non-hydrogen) atoms. The van der Waals surface area contributed by atoms with E-state index in [0.717, 1.165) is 0 Å². The summed E-state index contributed by atoms with van der Waals surface area (Å²) in [4.78, 5) is 26.1. The molecule has 0 aromatic carbocycles. The van der Waals surface area contributed by atoms with Crippen molar-refractivity contribution < 1.29 is 19.4 Å². The number of carboxylic acid groups (broad SMARTS) is 1. The van der Waals surface area contributed by atoms with E-state index in [0.29, 0.717) is 12.2 Å². The number of carboxylic acids is 1. The van der Waals surface area contributed by atoms with Gasteiger partial charge in [0.25, 0.3) is 0 Å². The molecule has 0 amide bonds. The highest BCUT2D eigenvalue weighted by Crippen LogP contribution is 2.09. The van der Waals surface area contributed by atoms with E-state index in [4.69, 9.17) is 9.84 Å². The van der Waals surface area contributed by atoms with Gasteiger partial charge >= 0.3 is 11.9 Å². The van der Waals surface area contributed by atoms with Crippen molar-refractivity contribution in [1.29, 1.82) is 0 Å². The van der Waals surface area contributed by atoms with E-state index in [9.17, 15) is 9.59 Å². The van der Waals surface area contributed by atoms with Gasteiger partial charge in [0.05, 0.1) is 6.42 Å². The van der Waals surface area contributed by atoms with Crippen molar-refractivity contribution >= 4 is 11.9 Å². The molecule has 0 bridgehead atoms. The number of aromatic nitrogens is 2. The molecule has 0 fully saturated rings. The van der Waals surface area contributed by atoms with Gasteiger partial charge in [0.2, 0.25) is 0 Å². The maximum absolute atomic E-state index is 11.6. The Bertz CT molecular complexity index is 432. The molecule has 6 heteroatoms. The zero-order valence-electron chi connectivity index (χ0n) is 10.8. The van der Waals surface area contributed by atoms with E-state index in [2.05, 4.69) is 4.98 Å². The fraction of sp³-hybridized carbons (Fsp3) is 0.583. The van der Waals surface area contributed by atoms with Crippen LogP contribution >= 0.6 is 0 Å². The number of esters is 1. The summed E-state index contributed by atoms with van der Waals surface area (Å²) in [6.07, 6.45) is 3.47. The van der Waals surface area contributed by atoms with Crippen molar-refractivity contribution in [2.75, 3.05) is 0 Å². The number of hydrogen-bond donors (Lipinski definition) is 1. The first-order valence-corrected chi connectivity index (χ1v) is 5.71. The number of ether oxygens (including phenoxy) is 1. The van der Waals surface area contributed by atoms with Gasteiger partial charge in [0, 0.05) is 18.8 Å². The van der Waals surface area contributed by atoms with E-state index in [1.807, 2.05) is 0 Å². The summed E-state index contributed by atoms with van der Waals surface area (Å²) in [5.41, 5.74) is -0.529. The minimum atomic E-state index is -0.887. The minimum absolute atomic E-state index is 0.00860. The molecule has 0 atom stereocenters. The van der Waals surface area contributed by atoms with Crippen LogP contribution in [0.2, 0.25) is 0 Å². The normalized spacial score (nSPS) is 11.3. The molecule has 0 radical (unpaired) electrons. The van der Waals surface area contributed by atoms with Crippen LogP contribution in [-0.2, 0) is 27.3 Å². The maximum atomic E-state index is 11.6. The second-order valence-corrected chi connectivity index (χ2v) is 4.95. The zero-order valence-corrected chi connectivity index (χ0v) is 10.8. The molecule has 1 aromatic heterocycles. The van der Waals surface area contributed by atoms with E-state index in [1.165, 1.54) is 0 Å². The number of carbonyl (C=O) groups excluding carboxylic acids is 1. The number of rotatable bonds is 5. The molecule has 0 aliphatic carbocycles. The lowest BCUT2D eigenvalue weighted by Crippen LogP contribution is -2.27. The van der Waals surface area contributed by atoms with Crippen molar-refractivity contribution in [3.8, 4) is 0 Å². The predicted molar refractivity (Wildman–Crippen MR) is 64.0 cm³/mol. The van der Waals surface area contributed by atoms with Gasteiger partial charge in [-0.15, -0.1) is 0 Å². The lowest BCUT2D eigenvalue weighted by molar-refractivity contribution is -0.155. The molecule has 1 rings (SSSR count). The lowest BCUT2D eigenvalue weighted by atomic mass is 10.2. The number of nitrogens with zero attached hydrogens (tertiary/aromatic N) is 2. The van der Waals surface area contributed by atoms with Crippen LogP contribution in [0.15, 0.2) is 12.4 Å². The van der Waals surface area contributed by atoms with E-state index < -0.39 is 11.6 Å². The Hall–Kier alpha value is -1.85. The zero-order chi connectivity index (χ0) is 13.8. The largest absolute Gasteiger partial charge is 0.481 e. The fourth-order valence-corrected chi connectivity index (χ4v) is 1.44. The van der Waals surface area contributed by atoms with Crippen molar-refractivity contribution in [3.63, 3.8) is 0 Å². The van der Waals surface area contributed by atoms with Crippen molar-refractivity contribution in [3.05, 3.63) is 18.2 Å². The molecular formula is C12H18N2O4. The van der Waals surface area contributed by atoms with Crippen molar-refractivity contribution in [1.82, 2.24) is 9.55 Å². The molecule has 6 nitrogen and oxygen atoms in total. The minimum Gasteiger partial charge on any atom is -0.481 e. The average molecular weight is 254 g/mol. The van der Waals surface area contributed by atoms with Crippen LogP contribution in [0.4, 0.5) is 0 Å². The molecule has 1 aromatic rings. The highest BCUT2D eigenvalue weighted by atomic mass is 16.6. The van der Waals surface area contributed by atoms with Crippen molar-refractivity contribution in [2.24, 2.45) is 0 Å². The Morgan fingerprint density at radius 2 is 2.11 bits per heavy atom. The van der Waals surface area contributed by atoms with Crippen molar-refractivity contribution in [2.45, 2.75) is 45.8 Å². The summed E-state index contributed by atoms with van der Waals surface area (Å²) in [5, 5.41) is 8.61. The van der Waals surface area contributed by atoms with Gasteiger partial charge in [-0.25, -0.2) is 4.98 Å². The molecule has 0 saturated heterocycles. The van der Waals surface area contributed by atoms with Gasteiger partial charge in [0.15, 0.2) is 0 Å². The smallest absolute Gasteiger partial charge is 0.326 e. The Kier molecular flexibility index (Phi) is 4.47. The van der Waals surface area contributed by atoms with Gasteiger partial charge in [-0.1, -0.05) is 0 Å². The third-order valence-electron chi connectivity index (χ3n) is 2.08. The number of carbonyl (C=O) groups is 2. The second kappa shape index (κ2) is 5.66. The Morgan fingerprint density at radius 3 is 2.67 bits per heavy atom. The molecule has 100 valence electrons. The third-order valence-corrected chi connectivity index (χ3v) is 2.08. The molecule has 0 aliphatic heterocycles. The van der Waals surface area contributed by atoms with Gasteiger partial charge in [-0.3, -0.25) is 9.59 Å². The average Bonchev–Trinajstić information content (AvgIpc) is 2.59. The summed E-state index contributed by atoms with van der Waals surface area (Å²) in [6, 6.07) is 0. The van der Waals surface area contributed by atoms with Crippen LogP contribution in [0.5, 0.6) is 0 Å². The van der Waals surface area contributed by atoms with E-state index in [-0.39, 0.29) is 18.9 Å². The molecule has 0 unspecified atom stereocenters. The van der Waals surface area contributed by atoms with Crippen LogP contribution in [0.25, 0.3) is 0 Å². The number of aliphatic carboxylic acids is 1. The summed E-state index contributed by atoms with van der Waals surface area (Å²) in [6.45, 7) is 5.44. The first-order chi connectivity index (χ1) is 8.28. The fourth-order valence-electron chi connectivity index (χ4n) is 1.44. The van der Waals surface area contributed by atoms with Gasteiger partial charge in [-0.2, -0.15) is 0 Å².